The molecule has 0 aromatic heterocycles. The number of hydrogen-bond donors (Lipinski definition) is 0. The SMILES string of the molecule is CC1=C(C)C[C@@]2(C(=O)c3ccccc3)C(=O)C=CC(=O)[C@H]2C1. The van der Waals surface area contributed by atoms with E-state index in [4.69, 9.17) is 0 Å². The monoisotopic (exact) mass is 294 g/mol. The van der Waals surface area contributed by atoms with Gasteiger partial charge in [0.15, 0.2) is 17.3 Å². The molecule has 0 spiro atoms. The average Bonchev–Trinajstić information content (AvgIpc) is 2.53. The largest absolute Gasteiger partial charge is 0.294 e. The number of Topliss-reactive ketones (excluding diaryl/α,β-unsaturated/α-hetero) is 1. The van der Waals surface area contributed by atoms with Crippen LogP contribution >= 0.6 is 0 Å². The Morgan fingerprint density at radius 1 is 1.05 bits per heavy atom. The molecule has 0 N–H and O–H groups in total. The molecule has 0 aliphatic heterocycles. The minimum atomic E-state index is -1.25. The number of benzene rings is 1. The standard InChI is InChI=1S/C19H18O3/c1-12-10-15-16(20)8-9-17(21)19(15,11-13(12)2)18(22)14-6-4-3-5-7-14/h3-9,15H,10-11H2,1-2H3/t15-,19+/m1/s1. The van der Waals surface area contributed by atoms with Crippen molar-refractivity contribution in [2.24, 2.45) is 11.3 Å². The third-order valence-electron chi connectivity index (χ3n) is 5.00. The molecule has 2 atom stereocenters. The molecule has 0 heterocycles. The first-order valence-electron chi connectivity index (χ1n) is 7.48. The number of rotatable bonds is 2. The molecule has 2 aliphatic rings. The van der Waals surface area contributed by atoms with Crippen LogP contribution in [0.1, 0.15) is 37.0 Å². The summed E-state index contributed by atoms with van der Waals surface area (Å²) in [6.07, 6.45) is 3.44. The summed E-state index contributed by atoms with van der Waals surface area (Å²) in [6.45, 7) is 3.92. The molecule has 0 fully saturated rings. The average molecular weight is 294 g/mol. The van der Waals surface area contributed by atoms with E-state index in [-0.39, 0.29) is 17.3 Å². The number of hydrogen-bond acceptors (Lipinski definition) is 3. The van der Waals surface area contributed by atoms with Crippen LogP contribution in [0.3, 0.4) is 0 Å². The van der Waals surface area contributed by atoms with Gasteiger partial charge in [-0.25, -0.2) is 0 Å². The Labute approximate surface area is 129 Å². The summed E-state index contributed by atoms with van der Waals surface area (Å²) in [4.78, 5) is 38.2. The summed E-state index contributed by atoms with van der Waals surface area (Å²) in [5.74, 6) is -1.15. The Balaban J connectivity index is 2.18. The zero-order valence-electron chi connectivity index (χ0n) is 12.8. The molecule has 1 aromatic rings. The second-order valence-corrected chi connectivity index (χ2v) is 6.26. The van der Waals surface area contributed by atoms with Crippen molar-refractivity contribution in [1.29, 1.82) is 0 Å². The maximum Gasteiger partial charge on any atom is 0.177 e. The fourth-order valence-corrected chi connectivity index (χ4v) is 3.57. The van der Waals surface area contributed by atoms with E-state index < -0.39 is 11.3 Å². The van der Waals surface area contributed by atoms with Crippen LogP contribution in [0.15, 0.2) is 53.6 Å². The molecule has 0 bridgehead atoms. The number of allylic oxidation sites excluding steroid dienone is 4. The van der Waals surface area contributed by atoms with Gasteiger partial charge in [-0.3, -0.25) is 14.4 Å². The van der Waals surface area contributed by atoms with Crippen LogP contribution in [0, 0.1) is 11.3 Å². The summed E-state index contributed by atoms with van der Waals surface area (Å²) in [5, 5.41) is 0. The van der Waals surface area contributed by atoms with E-state index in [2.05, 4.69) is 0 Å². The fourth-order valence-electron chi connectivity index (χ4n) is 3.57. The number of carbonyl (C=O) groups excluding carboxylic acids is 3. The Hall–Kier alpha value is -2.29. The van der Waals surface area contributed by atoms with Gasteiger partial charge < -0.3 is 0 Å². The zero-order chi connectivity index (χ0) is 15.9. The van der Waals surface area contributed by atoms with Gasteiger partial charge in [-0.05, 0) is 38.8 Å². The van der Waals surface area contributed by atoms with Gasteiger partial charge in [0, 0.05) is 11.5 Å². The van der Waals surface area contributed by atoms with Gasteiger partial charge in [0.25, 0.3) is 0 Å². The lowest BCUT2D eigenvalue weighted by Crippen LogP contribution is -2.51. The highest BCUT2D eigenvalue weighted by Crippen LogP contribution is 2.49. The highest BCUT2D eigenvalue weighted by atomic mass is 16.2. The first-order valence-corrected chi connectivity index (χ1v) is 7.48. The third kappa shape index (κ3) is 2.00. The second-order valence-electron chi connectivity index (χ2n) is 6.26. The predicted molar refractivity (Wildman–Crippen MR) is 83.5 cm³/mol. The van der Waals surface area contributed by atoms with E-state index in [1.54, 1.807) is 24.3 Å². The molecule has 0 saturated carbocycles. The van der Waals surface area contributed by atoms with Crippen molar-refractivity contribution < 1.29 is 14.4 Å². The first kappa shape index (κ1) is 14.6. The van der Waals surface area contributed by atoms with Crippen LogP contribution < -0.4 is 0 Å². The molecule has 112 valence electrons. The molecule has 2 aliphatic carbocycles. The van der Waals surface area contributed by atoms with E-state index in [1.807, 2.05) is 19.9 Å². The molecule has 3 rings (SSSR count). The smallest absolute Gasteiger partial charge is 0.177 e. The minimum Gasteiger partial charge on any atom is -0.294 e. The molecule has 1 aromatic carbocycles. The molecule has 0 saturated heterocycles. The summed E-state index contributed by atoms with van der Waals surface area (Å²) in [7, 11) is 0. The maximum atomic E-state index is 13.1. The van der Waals surface area contributed by atoms with Crippen LogP contribution in [-0.2, 0) is 9.59 Å². The van der Waals surface area contributed by atoms with Crippen molar-refractivity contribution in [3.8, 4) is 0 Å². The second kappa shape index (κ2) is 5.16. The molecule has 0 radical (unpaired) electrons. The summed E-state index contributed by atoms with van der Waals surface area (Å²) in [5.41, 5.74) is 1.39. The molecule has 3 nitrogen and oxygen atoms in total. The normalized spacial score (nSPS) is 27.8. The molecular formula is C19H18O3. The van der Waals surface area contributed by atoms with E-state index in [0.717, 1.165) is 11.1 Å². The first-order chi connectivity index (χ1) is 10.5. The zero-order valence-corrected chi connectivity index (χ0v) is 12.8. The Kier molecular flexibility index (Phi) is 3.44. The fraction of sp³-hybridized carbons (Fsp3) is 0.316. The van der Waals surface area contributed by atoms with Crippen LogP contribution in [0.4, 0.5) is 0 Å². The molecule has 0 amide bonds. The van der Waals surface area contributed by atoms with E-state index in [0.29, 0.717) is 18.4 Å². The van der Waals surface area contributed by atoms with Gasteiger partial charge in [0.1, 0.15) is 5.41 Å². The van der Waals surface area contributed by atoms with Gasteiger partial charge in [-0.15, -0.1) is 0 Å². The quantitative estimate of drug-likeness (QED) is 0.477. The molecule has 0 unspecified atom stereocenters. The summed E-state index contributed by atoms with van der Waals surface area (Å²) < 4.78 is 0. The van der Waals surface area contributed by atoms with E-state index in [1.165, 1.54) is 12.2 Å². The molecular weight excluding hydrogens is 276 g/mol. The van der Waals surface area contributed by atoms with Crippen LogP contribution in [-0.4, -0.2) is 17.3 Å². The van der Waals surface area contributed by atoms with Crippen LogP contribution in [0.2, 0.25) is 0 Å². The van der Waals surface area contributed by atoms with Gasteiger partial charge in [0.05, 0.1) is 0 Å². The molecule has 22 heavy (non-hydrogen) atoms. The van der Waals surface area contributed by atoms with Gasteiger partial charge in [-0.2, -0.15) is 0 Å². The van der Waals surface area contributed by atoms with Crippen molar-refractivity contribution >= 4 is 17.3 Å². The van der Waals surface area contributed by atoms with Crippen LogP contribution in [0.5, 0.6) is 0 Å². The predicted octanol–water partition coefficient (Wildman–Crippen LogP) is 3.31. The maximum absolute atomic E-state index is 13.1. The molecule has 3 heteroatoms. The highest BCUT2D eigenvalue weighted by Gasteiger charge is 2.56. The van der Waals surface area contributed by atoms with Gasteiger partial charge in [0.2, 0.25) is 0 Å². The van der Waals surface area contributed by atoms with Crippen molar-refractivity contribution in [2.75, 3.05) is 0 Å². The van der Waals surface area contributed by atoms with Crippen molar-refractivity contribution in [2.45, 2.75) is 26.7 Å². The van der Waals surface area contributed by atoms with Crippen LogP contribution in [0.25, 0.3) is 0 Å². The van der Waals surface area contributed by atoms with Gasteiger partial charge in [-0.1, -0.05) is 41.5 Å². The Morgan fingerprint density at radius 2 is 1.73 bits per heavy atom. The van der Waals surface area contributed by atoms with E-state index in [9.17, 15) is 14.4 Å². The van der Waals surface area contributed by atoms with Crippen molar-refractivity contribution in [1.82, 2.24) is 0 Å². The highest BCUT2D eigenvalue weighted by molar-refractivity contribution is 6.24. The van der Waals surface area contributed by atoms with Crippen molar-refractivity contribution in [3.05, 3.63) is 59.2 Å². The third-order valence-corrected chi connectivity index (χ3v) is 5.00. The topological polar surface area (TPSA) is 51.2 Å². The minimum absolute atomic E-state index is 0.115. The van der Waals surface area contributed by atoms with Gasteiger partial charge >= 0.3 is 0 Å². The van der Waals surface area contributed by atoms with Crippen molar-refractivity contribution in [3.63, 3.8) is 0 Å². The lowest BCUT2D eigenvalue weighted by molar-refractivity contribution is -0.133. The van der Waals surface area contributed by atoms with E-state index >= 15 is 0 Å². The lowest BCUT2D eigenvalue weighted by atomic mass is 9.56. The summed E-state index contributed by atoms with van der Waals surface area (Å²) >= 11 is 0. The summed E-state index contributed by atoms with van der Waals surface area (Å²) in [6, 6.07) is 8.81. The Bertz CT molecular complexity index is 724. The number of carbonyl (C=O) groups is 3. The Morgan fingerprint density at radius 3 is 2.41 bits per heavy atom. The number of ketones is 3. The number of fused-ring (bicyclic) bond motifs is 1. The lowest BCUT2D eigenvalue weighted by Gasteiger charge is -2.42.